The van der Waals surface area contributed by atoms with E-state index in [1.54, 1.807) is 0 Å². The molecule has 3 nitrogen and oxygen atoms in total. The van der Waals surface area contributed by atoms with Gasteiger partial charge in [-0.15, -0.1) is 0 Å². The van der Waals surface area contributed by atoms with E-state index in [-0.39, 0.29) is 0 Å². The van der Waals surface area contributed by atoms with Gasteiger partial charge >= 0.3 is 0 Å². The minimum atomic E-state index is 0.502. The van der Waals surface area contributed by atoms with Crippen LogP contribution in [0.25, 0.3) is 5.69 Å². The van der Waals surface area contributed by atoms with Gasteiger partial charge in [0, 0.05) is 17.2 Å². The van der Waals surface area contributed by atoms with Crippen molar-refractivity contribution in [2.45, 2.75) is 13.8 Å². The molecule has 0 atom stereocenters. The maximum atomic E-state index is 6.28. The van der Waals surface area contributed by atoms with Crippen molar-refractivity contribution < 1.29 is 0 Å². The molecule has 0 unspecified atom stereocenters. The second-order valence-electron chi connectivity index (χ2n) is 3.80. The first kappa shape index (κ1) is 13.7. The summed E-state index contributed by atoms with van der Waals surface area (Å²) < 4.78 is 2.68. The molecule has 1 aromatic carbocycles. The predicted octanol–water partition coefficient (Wildman–Crippen LogP) is 4.68. The Morgan fingerprint density at radius 1 is 1.33 bits per heavy atom. The normalized spacial score (nSPS) is 10.7. The topological polar surface area (TPSA) is 29.9 Å². The summed E-state index contributed by atoms with van der Waals surface area (Å²) in [5, 5.41) is 4.20. The van der Waals surface area contributed by atoms with Gasteiger partial charge in [-0.05, 0) is 41.9 Å². The van der Waals surface area contributed by atoms with Crippen LogP contribution in [0.2, 0.25) is 10.0 Å². The van der Waals surface area contributed by atoms with E-state index in [1.807, 2.05) is 36.7 Å². The number of nitrogens with zero attached hydrogens (tertiary/aromatic N) is 2. The Labute approximate surface area is 124 Å². The molecule has 1 aromatic heterocycles. The third-order valence-corrected chi connectivity index (χ3v) is 4.20. The number of imidazole rings is 1. The van der Waals surface area contributed by atoms with Crippen molar-refractivity contribution in [3.63, 3.8) is 0 Å². The van der Waals surface area contributed by atoms with Crippen LogP contribution >= 0.6 is 39.1 Å². The lowest BCUT2D eigenvalue weighted by Crippen LogP contribution is -2.05. The van der Waals surface area contributed by atoms with Gasteiger partial charge in [-0.3, -0.25) is 4.57 Å². The van der Waals surface area contributed by atoms with Gasteiger partial charge in [0.2, 0.25) is 5.95 Å². The van der Waals surface area contributed by atoms with Gasteiger partial charge < -0.3 is 5.32 Å². The SMILES string of the molecule is CCNc1nc(C)cn1-c1ccc(Br)c(Cl)c1Cl. The third kappa shape index (κ3) is 2.51. The summed E-state index contributed by atoms with van der Waals surface area (Å²) in [7, 11) is 0. The smallest absolute Gasteiger partial charge is 0.207 e. The van der Waals surface area contributed by atoms with Crippen LogP contribution in [0, 0.1) is 6.92 Å². The summed E-state index contributed by atoms with van der Waals surface area (Å²) in [6.07, 6.45) is 1.92. The molecule has 1 heterocycles. The summed E-state index contributed by atoms with van der Waals surface area (Å²) in [6, 6.07) is 3.77. The van der Waals surface area contributed by atoms with E-state index in [2.05, 4.69) is 26.2 Å². The molecule has 1 N–H and O–H groups in total. The fraction of sp³-hybridized carbons (Fsp3) is 0.250. The molecule has 2 rings (SSSR count). The summed E-state index contributed by atoms with van der Waals surface area (Å²) in [5.41, 5.74) is 1.72. The van der Waals surface area contributed by atoms with E-state index >= 15 is 0 Å². The van der Waals surface area contributed by atoms with E-state index < -0.39 is 0 Å². The number of nitrogens with one attached hydrogen (secondary N) is 1. The molecule has 0 aliphatic heterocycles. The average Bonchev–Trinajstić information content (AvgIpc) is 2.68. The molecule has 6 heteroatoms. The van der Waals surface area contributed by atoms with Crippen LogP contribution in [-0.4, -0.2) is 16.1 Å². The fourth-order valence-electron chi connectivity index (χ4n) is 1.67. The largest absolute Gasteiger partial charge is 0.356 e. The highest BCUT2D eigenvalue weighted by Gasteiger charge is 2.13. The molecule has 96 valence electrons. The van der Waals surface area contributed by atoms with Gasteiger partial charge in [0.15, 0.2) is 0 Å². The lowest BCUT2D eigenvalue weighted by Gasteiger charge is -2.11. The van der Waals surface area contributed by atoms with Gasteiger partial charge in [0.1, 0.15) is 0 Å². The minimum absolute atomic E-state index is 0.502. The fourth-order valence-corrected chi connectivity index (χ4v) is 2.53. The Balaban J connectivity index is 2.58. The Morgan fingerprint density at radius 2 is 2.06 bits per heavy atom. The molecule has 2 aromatic rings. The zero-order chi connectivity index (χ0) is 13.3. The Hall–Kier alpha value is -0.710. The molecular formula is C12H12BrCl2N3. The van der Waals surface area contributed by atoms with Crippen molar-refractivity contribution in [2.24, 2.45) is 0 Å². The molecule has 18 heavy (non-hydrogen) atoms. The molecular weight excluding hydrogens is 337 g/mol. The van der Waals surface area contributed by atoms with Crippen LogP contribution in [0.1, 0.15) is 12.6 Å². The number of benzene rings is 1. The average molecular weight is 349 g/mol. The summed E-state index contributed by atoms with van der Waals surface area (Å²) >= 11 is 15.8. The molecule has 0 bridgehead atoms. The standard InChI is InChI=1S/C12H12BrCl2N3/c1-3-16-12-17-7(2)6-18(12)9-5-4-8(13)10(14)11(9)15/h4-6H,3H2,1-2H3,(H,16,17). The molecule has 0 saturated carbocycles. The van der Waals surface area contributed by atoms with Crippen molar-refractivity contribution in [1.29, 1.82) is 0 Å². The highest BCUT2D eigenvalue weighted by atomic mass is 79.9. The van der Waals surface area contributed by atoms with Crippen molar-refractivity contribution in [2.75, 3.05) is 11.9 Å². The van der Waals surface area contributed by atoms with E-state index in [1.165, 1.54) is 0 Å². The maximum absolute atomic E-state index is 6.28. The van der Waals surface area contributed by atoms with Gasteiger partial charge in [-0.1, -0.05) is 23.2 Å². The van der Waals surface area contributed by atoms with Gasteiger partial charge in [-0.25, -0.2) is 4.98 Å². The maximum Gasteiger partial charge on any atom is 0.207 e. The minimum Gasteiger partial charge on any atom is -0.356 e. The van der Waals surface area contributed by atoms with Crippen molar-refractivity contribution >= 4 is 45.1 Å². The predicted molar refractivity (Wildman–Crippen MR) is 80.2 cm³/mol. The highest BCUT2D eigenvalue weighted by molar-refractivity contribution is 9.10. The molecule has 0 amide bonds. The number of aryl methyl sites for hydroxylation is 1. The van der Waals surface area contributed by atoms with E-state index in [4.69, 9.17) is 23.2 Å². The van der Waals surface area contributed by atoms with Crippen LogP contribution in [0.5, 0.6) is 0 Å². The van der Waals surface area contributed by atoms with Crippen molar-refractivity contribution in [3.05, 3.63) is 38.5 Å². The molecule has 0 aliphatic carbocycles. The van der Waals surface area contributed by atoms with E-state index in [9.17, 15) is 0 Å². The monoisotopic (exact) mass is 347 g/mol. The van der Waals surface area contributed by atoms with Crippen LogP contribution in [0.3, 0.4) is 0 Å². The number of hydrogen-bond donors (Lipinski definition) is 1. The number of halogens is 3. The second-order valence-corrected chi connectivity index (χ2v) is 5.41. The zero-order valence-corrected chi connectivity index (χ0v) is 13.1. The lowest BCUT2D eigenvalue weighted by atomic mass is 10.3. The first-order valence-electron chi connectivity index (χ1n) is 5.48. The number of hydrogen-bond acceptors (Lipinski definition) is 2. The molecule has 0 radical (unpaired) electrons. The first-order valence-corrected chi connectivity index (χ1v) is 7.03. The first-order chi connectivity index (χ1) is 8.54. The van der Waals surface area contributed by atoms with Crippen LogP contribution < -0.4 is 5.32 Å². The summed E-state index contributed by atoms with van der Waals surface area (Å²) in [4.78, 5) is 4.41. The second kappa shape index (κ2) is 5.51. The Bertz CT molecular complexity index is 581. The quantitative estimate of drug-likeness (QED) is 0.816. The van der Waals surface area contributed by atoms with Crippen molar-refractivity contribution in [1.82, 2.24) is 9.55 Å². The van der Waals surface area contributed by atoms with Gasteiger partial charge in [0.25, 0.3) is 0 Å². The molecule has 0 aliphatic rings. The molecule has 0 fully saturated rings. The van der Waals surface area contributed by atoms with Crippen LogP contribution in [0.15, 0.2) is 22.8 Å². The highest BCUT2D eigenvalue weighted by Crippen LogP contribution is 2.35. The number of anilines is 1. The zero-order valence-electron chi connectivity index (χ0n) is 9.97. The molecule has 0 saturated heterocycles. The summed E-state index contributed by atoms with van der Waals surface area (Å²) in [5.74, 6) is 0.760. The van der Waals surface area contributed by atoms with Gasteiger partial charge in [-0.2, -0.15) is 0 Å². The van der Waals surface area contributed by atoms with Crippen LogP contribution in [0.4, 0.5) is 5.95 Å². The lowest BCUT2D eigenvalue weighted by molar-refractivity contribution is 1.02. The Morgan fingerprint density at radius 3 is 2.72 bits per heavy atom. The Kier molecular flexibility index (Phi) is 4.20. The van der Waals surface area contributed by atoms with E-state index in [0.29, 0.717) is 10.0 Å². The third-order valence-electron chi connectivity index (χ3n) is 2.44. The van der Waals surface area contributed by atoms with Crippen LogP contribution in [-0.2, 0) is 0 Å². The van der Waals surface area contributed by atoms with E-state index in [0.717, 1.165) is 28.3 Å². The number of rotatable bonds is 3. The summed E-state index contributed by atoms with van der Waals surface area (Å²) in [6.45, 7) is 4.74. The number of aromatic nitrogens is 2. The van der Waals surface area contributed by atoms with Crippen molar-refractivity contribution in [3.8, 4) is 5.69 Å². The molecule has 0 spiro atoms. The van der Waals surface area contributed by atoms with Gasteiger partial charge in [0.05, 0.1) is 21.4 Å².